The molecule has 73 heavy (non-hydrogen) atoms. The molecule has 6 saturated heterocycles. The van der Waals surface area contributed by atoms with Gasteiger partial charge in [-0.2, -0.15) is 15.2 Å². The fourth-order valence-electron chi connectivity index (χ4n) is 9.04. The highest BCUT2D eigenvalue weighted by molar-refractivity contribution is 6.92. The Morgan fingerprint density at radius 1 is 0.589 bits per heavy atom. The van der Waals surface area contributed by atoms with E-state index in [-0.39, 0.29) is 43.9 Å². The summed E-state index contributed by atoms with van der Waals surface area (Å²) in [6.07, 6.45) is -26.9. The Labute approximate surface area is 427 Å². The molecule has 4 unspecified atom stereocenters. The van der Waals surface area contributed by atoms with Gasteiger partial charge in [0.1, 0.15) is 97.7 Å². The van der Waals surface area contributed by atoms with Crippen LogP contribution in [0.3, 0.4) is 0 Å². The number of hydrogen-bond acceptors (Lipinski definition) is 23. The third-order valence-corrected chi connectivity index (χ3v) is 13.2. The van der Waals surface area contributed by atoms with Crippen LogP contribution in [0.15, 0.2) is 55.1 Å². The van der Waals surface area contributed by atoms with Crippen LogP contribution in [0.2, 0.25) is 0 Å². The molecule has 0 aromatic heterocycles. The third-order valence-electron chi connectivity index (χ3n) is 13.2. The molecule has 6 aliphatic rings. The molecule has 414 valence electrons. The highest BCUT2D eigenvalue weighted by atomic mass is 31.0. The Bertz CT molecular complexity index is 2030. The van der Waals surface area contributed by atoms with Gasteiger partial charge in [-0.3, -0.25) is 0 Å². The second-order valence-corrected chi connectivity index (χ2v) is 18.9. The van der Waals surface area contributed by atoms with Gasteiger partial charge in [0.2, 0.25) is 0 Å². The van der Waals surface area contributed by atoms with E-state index in [1.54, 1.807) is 18.2 Å². The topological polar surface area (TPSA) is 359 Å². The van der Waals surface area contributed by atoms with Gasteiger partial charge in [-0.15, -0.1) is 0 Å². The molecule has 8 rings (SSSR count). The van der Waals surface area contributed by atoms with Crippen molar-refractivity contribution in [1.82, 2.24) is 0 Å². The van der Waals surface area contributed by atoms with Crippen LogP contribution in [0.1, 0.15) is 82.8 Å². The fourth-order valence-corrected chi connectivity index (χ4v) is 9.04. The average Bonchev–Trinajstić information content (AvgIpc) is 3.37. The van der Waals surface area contributed by atoms with Crippen molar-refractivity contribution >= 4 is 16.0 Å². The van der Waals surface area contributed by atoms with Crippen molar-refractivity contribution in [3.05, 3.63) is 77.4 Å². The Hall–Kier alpha value is -2.78. The number of nitriles is 1. The van der Waals surface area contributed by atoms with Gasteiger partial charge in [0.15, 0.2) is 37.7 Å². The van der Waals surface area contributed by atoms with Gasteiger partial charge in [0.25, 0.3) is 0 Å². The van der Waals surface area contributed by atoms with Gasteiger partial charge in [0.05, 0.1) is 37.9 Å². The molecule has 0 bridgehead atoms. The van der Waals surface area contributed by atoms with Crippen LogP contribution in [0.25, 0.3) is 6.08 Å². The lowest BCUT2D eigenvalue weighted by atomic mass is 9.82. The van der Waals surface area contributed by atoms with E-state index in [1.165, 1.54) is 0 Å². The summed E-state index contributed by atoms with van der Waals surface area (Å²) in [7, 11) is 0. The second kappa shape index (κ2) is 27.0. The van der Waals surface area contributed by atoms with Crippen LogP contribution < -0.4 is 0 Å². The van der Waals surface area contributed by atoms with Crippen LogP contribution in [-0.2, 0) is 47.4 Å². The molecule has 12 N–H and O–H groups in total. The number of hydrogen-bond donors (Lipinski definition) is 12. The van der Waals surface area contributed by atoms with E-state index < -0.39 is 154 Å². The highest BCUT2D eigenvalue weighted by Gasteiger charge is 2.54. The Balaban J connectivity index is 0.000000308. The first-order chi connectivity index (χ1) is 33.3. The third kappa shape index (κ3) is 14.0. The van der Waals surface area contributed by atoms with Crippen molar-refractivity contribution in [2.45, 2.75) is 183 Å². The largest absolute Gasteiger partial charge is 0.394 e. The van der Waals surface area contributed by atoms with Crippen molar-refractivity contribution in [2.75, 3.05) is 26.4 Å². The monoisotopic (exact) mass is 1060 g/mol. The Kier molecular flexibility index (Phi) is 23.2. The molecule has 6 heterocycles. The van der Waals surface area contributed by atoms with Crippen LogP contribution in [0, 0.1) is 16.7 Å². The predicted molar refractivity (Wildman–Crippen MR) is 258 cm³/mol. The van der Waals surface area contributed by atoms with E-state index >= 15 is 0 Å². The number of benzene rings is 2. The van der Waals surface area contributed by atoms with Crippen molar-refractivity contribution in [2.24, 2.45) is 5.41 Å². The molecule has 0 radical (unpaired) electrons. The van der Waals surface area contributed by atoms with E-state index in [4.69, 9.17) is 47.4 Å². The summed E-state index contributed by atoms with van der Waals surface area (Å²) in [5.41, 5.74) is 2.98. The molecule has 2 aromatic carbocycles. The molecule has 23 nitrogen and oxygen atoms in total. The van der Waals surface area contributed by atoms with E-state index in [9.17, 15) is 66.5 Å². The summed E-state index contributed by atoms with van der Waals surface area (Å²) >= 11 is 0. The highest BCUT2D eigenvalue weighted by Crippen LogP contribution is 2.39. The van der Waals surface area contributed by atoms with E-state index in [0.29, 0.717) is 12.0 Å². The lowest BCUT2D eigenvalue weighted by Gasteiger charge is -2.48. The van der Waals surface area contributed by atoms with Gasteiger partial charge in [-0.05, 0) is 37.3 Å². The summed E-state index contributed by atoms with van der Waals surface area (Å²) in [5, 5.41) is 131. The van der Waals surface area contributed by atoms with Gasteiger partial charge in [-0.1, -0.05) is 83.0 Å². The molecular weight excluding hydrogens is 985 g/mol. The Morgan fingerprint density at radius 2 is 0.959 bits per heavy atom. The number of fused-ring (bicyclic) bond motifs is 2. The van der Waals surface area contributed by atoms with Crippen LogP contribution in [0.4, 0.5) is 0 Å². The number of ether oxygens (including phenoxy) is 10. The van der Waals surface area contributed by atoms with Gasteiger partial charge >= 0.3 is 0 Å². The molecule has 2 aromatic rings. The lowest BCUT2D eigenvalue weighted by Crippen LogP contribution is -2.65. The maximum absolute atomic E-state index is 10.8. The standard InChI is InChI=1S/C26H37NO11.C21H28O11.2CH4.H3P/c1-12(8-26(2,3)11-27)13-4-6-14(7-5-13)23-34-10-16-22(37-23)19(31)21(33)25(36-16)38-24-20(32)18(30)17(29)15(9-28)35-24;1-2-9-3-5-10(6-4-9)19-28-8-12-18(31-19)15(25)17(27)21(30-12)32-20-16(26)14(24)13(23)11(7-22)29-20;;;/h4-7,12,15-25,28-33H,8-10H2,1-3H3;2-6,11-27H,1,7-8H2;2*1H4;1H3/t12?,15-,16-,17-,18+,19-,20-,21-,22-,23?,24-,25-;11-,12-,13-,14+,15-,16-,17-,18-,19?,20-,21-;;;/m11.../s1. The summed E-state index contributed by atoms with van der Waals surface area (Å²) in [4.78, 5) is 0. The molecule has 6 aliphatic heterocycles. The van der Waals surface area contributed by atoms with Crippen molar-refractivity contribution < 1.29 is 109 Å². The Morgan fingerprint density at radius 3 is 1.33 bits per heavy atom. The van der Waals surface area contributed by atoms with Gasteiger partial charge in [-0.25, -0.2) is 0 Å². The maximum Gasteiger partial charge on any atom is 0.189 e. The summed E-state index contributed by atoms with van der Waals surface area (Å²) < 4.78 is 56.2. The molecular formula is C49H76NO22P. The van der Waals surface area contributed by atoms with Crippen LogP contribution in [0.5, 0.6) is 0 Å². The van der Waals surface area contributed by atoms with E-state index in [2.05, 4.69) is 19.6 Å². The first kappa shape index (κ1) is 62.8. The summed E-state index contributed by atoms with van der Waals surface area (Å²) in [6.45, 7) is 8.32. The van der Waals surface area contributed by atoms with Crippen molar-refractivity contribution in [3.63, 3.8) is 0 Å². The average molecular weight is 1060 g/mol. The van der Waals surface area contributed by atoms with Crippen LogP contribution >= 0.6 is 9.90 Å². The molecule has 24 atom stereocenters. The quantitative estimate of drug-likeness (QED) is 0.110. The van der Waals surface area contributed by atoms with E-state index in [1.807, 2.05) is 50.2 Å². The number of aliphatic hydroxyl groups excluding tert-OH is 12. The van der Waals surface area contributed by atoms with Crippen molar-refractivity contribution in [3.8, 4) is 6.07 Å². The minimum absolute atomic E-state index is 0. The molecule has 0 aliphatic carbocycles. The first-order valence-corrected chi connectivity index (χ1v) is 23.0. The zero-order chi connectivity index (χ0) is 50.8. The molecule has 6 fully saturated rings. The molecule has 0 amide bonds. The smallest absolute Gasteiger partial charge is 0.189 e. The maximum atomic E-state index is 10.8. The molecule has 24 heteroatoms. The zero-order valence-corrected chi connectivity index (χ0v) is 40.7. The normalized spacial score (nSPS) is 40.7. The molecule has 0 saturated carbocycles. The van der Waals surface area contributed by atoms with Crippen LogP contribution in [-0.4, -0.2) is 211 Å². The number of aliphatic hydroxyl groups is 12. The fraction of sp³-hybridized carbons (Fsp3) is 0.694. The summed E-state index contributed by atoms with van der Waals surface area (Å²) in [6, 6.07) is 17.2. The zero-order valence-electron chi connectivity index (χ0n) is 39.3. The second-order valence-electron chi connectivity index (χ2n) is 18.9. The van der Waals surface area contributed by atoms with E-state index in [0.717, 1.165) is 16.7 Å². The SMILES string of the molecule is C.C.C=Cc1ccc(C2OC[C@H]3O[C@H](O[C@H]4O[C@H](CO)[C@@H](O)[C@H](O)[C@H]4O)[C@H](O)[C@@H](O)[C@@H]3O2)cc1.CC(CC(C)(C)C#N)c1ccc(C2OC[C@H]3O[C@H](O[C@H]4O[C@H](CO)[C@@H](O)[C@H](O)[C@H]4O)[C@H](O)[C@@H](O)[C@@H]3O2)cc1.P. The van der Waals surface area contributed by atoms with Gasteiger partial charge in [0, 0.05) is 11.1 Å². The first-order valence-electron chi connectivity index (χ1n) is 23.0. The minimum Gasteiger partial charge on any atom is -0.394 e. The molecule has 0 spiro atoms. The lowest BCUT2D eigenvalue weighted by molar-refractivity contribution is -0.399. The van der Waals surface area contributed by atoms with Gasteiger partial charge < -0.3 is 109 Å². The predicted octanol–water partition coefficient (Wildman–Crippen LogP) is -1.26. The minimum atomic E-state index is -1.70. The summed E-state index contributed by atoms with van der Waals surface area (Å²) in [5.74, 6) is 0.167. The number of rotatable bonds is 12. The number of nitrogens with zero attached hydrogens (tertiary/aromatic N) is 1. The van der Waals surface area contributed by atoms with Crippen molar-refractivity contribution in [1.29, 1.82) is 5.26 Å².